The van der Waals surface area contributed by atoms with E-state index in [9.17, 15) is 9.59 Å². The zero-order valence-electron chi connectivity index (χ0n) is 14.2. The molecule has 1 fully saturated rings. The number of nitrogens with one attached hydrogen (secondary N) is 1. The SMILES string of the molecule is CC(CC1CCCN1C(=O)OC(C)(C)C)NCCCC(=O)O. The monoisotopic (exact) mass is 314 g/mol. The van der Waals surface area contributed by atoms with Gasteiger partial charge in [-0.25, -0.2) is 4.79 Å². The Balaban J connectivity index is 2.36. The second kappa shape index (κ2) is 8.36. The van der Waals surface area contributed by atoms with E-state index in [0.29, 0.717) is 13.0 Å². The van der Waals surface area contributed by atoms with E-state index in [0.717, 1.165) is 25.8 Å². The number of carbonyl (C=O) groups excluding carboxylic acids is 1. The van der Waals surface area contributed by atoms with Crippen LogP contribution in [0.2, 0.25) is 0 Å². The van der Waals surface area contributed by atoms with E-state index >= 15 is 0 Å². The van der Waals surface area contributed by atoms with Crippen LogP contribution in [-0.4, -0.2) is 52.8 Å². The third-order valence-electron chi connectivity index (χ3n) is 3.69. The van der Waals surface area contributed by atoms with Crippen LogP contribution < -0.4 is 5.32 Å². The van der Waals surface area contributed by atoms with Crippen molar-refractivity contribution >= 4 is 12.1 Å². The molecule has 0 aromatic heterocycles. The molecule has 0 aliphatic carbocycles. The fraction of sp³-hybridized carbons (Fsp3) is 0.875. The summed E-state index contributed by atoms with van der Waals surface area (Å²) in [5, 5.41) is 11.9. The highest BCUT2D eigenvalue weighted by Gasteiger charge is 2.32. The maximum atomic E-state index is 12.2. The minimum Gasteiger partial charge on any atom is -0.481 e. The lowest BCUT2D eigenvalue weighted by atomic mass is 10.1. The van der Waals surface area contributed by atoms with E-state index in [1.807, 2.05) is 25.7 Å². The summed E-state index contributed by atoms with van der Waals surface area (Å²) < 4.78 is 5.46. The molecule has 2 unspecified atom stereocenters. The fourth-order valence-corrected chi connectivity index (χ4v) is 2.72. The van der Waals surface area contributed by atoms with Crippen molar-refractivity contribution in [3.8, 4) is 0 Å². The molecule has 1 aliphatic rings. The lowest BCUT2D eigenvalue weighted by Crippen LogP contribution is -2.42. The summed E-state index contributed by atoms with van der Waals surface area (Å²) in [7, 11) is 0. The Morgan fingerprint density at radius 2 is 2.09 bits per heavy atom. The summed E-state index contributed by atoms with van der Waals surface area (Å²) in [6.45, 7) is 9.15. The van der Waals surface area contributed by atoms with Gasteiger partial charge in [0, 0.05) is 25.0 Å². The molecule has 0 aromatic rings. The summed E-state index contributed by atoms with van der Waals surface area (Å²) in [6.07, 6.45) is 3.46. The minimum atomic E-state index is -0.763. The Morgan fingerprint density at radius 1 is 1.41 bits per heavy atom. The molecule has 1 aliphatic heterocycles. The van der Waals surface area contributed by atoms with Gasteiger partial charge < -0.3 is 20.1 Å². The molecule has 1 amide bonds. The van der Waals surface area contributed by atoms with Gasteiger partial charge in [-0.05, 0) is 59.9 Å². The first-order valence-electron chi connectivity index (χ1n) is 8.14. The number of hydrogen-bond acceptors (Lipinski definition) is 4. The van der Waals surface area contributed by atoms with E-state index in [1.165, 1.54) is 0 Å². The Hall–Kier alpha value is -1.30. The quantitative estimate of drug-likeness (QED) is 0.706. The Kier molecular flexibility index (Phi) is 7.13. The number of amides is 1. The van der Waals surface area contributed by atoms with Crippen molar-refractivity contribution in [1.29, 1.82) is 0 Å². The zero-order valence-corrected chi connectivity index (χ0v) is 14.2. The van der Waals surface area contributed by atoms with E-state index in [4.69, 9.17) is 9.84 Å². The average Bonchev–Trinajstić information content (AvgIpc) is 2.80. The number of carboxylic acids is 1. The first-order valence-corrected chi connectivity index (χ1v) is 8.14. The van der Waals surface area contributed by atoms with Crippen molar-refractivity contribution < 1.29 is 19.4 Å². The largest absolute Gasteiger partial charge is 0.481 e. The topological polar surface area (TPSA) is 78.9 Å². The summed E-state index contributed by atoms with van der Waals surface area (Å²) in [5.41, 5.74) is -0.467. The molecule has 2 atom stereocenters. The van der Waals surface area contributed by atoms with Gasteiger partial charge in [-0.15, -0.1) is 0 Å². The van der Waals surface area contributed by atoms with Crippen molar-refractivity contribution in [3.05, 3.63) is 0 Å². The molecule has 0 radical (unpaired) electrons. The Bertz CT molecular complexity index is 379. The van der Waals surface area contributed by atoms with Crippen molar-refractivity contribution in [2.24, 2.45) is 0 Å². The predicted molar refractivity (Wildman–Crippen MR) is 84.9 cm³/mol. The van der Waals surface area contributed by atoms with E-state index in [1.54, 1.807) is 0 Å². The normalized spacial score (nSPS) is 20.0. The molecule has 0 spiro atoms. The summed E-state index contributed by atoms with van der Waals surface area (Å²) in [5.74, 6) is -0.763. The predicted octanol–water partition coefficient (Wildman–Crippen LogP) is 2.62. The van der Waals surface area contributed by atoms with E-state index < -0.39 is 11.6 Å². The van der Waals surface area contributed by atoms with Crippen LogP contribution in [0.5, 0.6) is 0 Å². The summed E-state index contributed by atoms with van der Waals surface area (Å²) >= 11 is 0. The molecule has 1 rings (SSSR count). The molecule has 6 heteroatoms. The molecule has 2 N–H and O–H groups in total. The molecular weight excluding hydrogens is 284 g/mol. The maximum absolute atomic E-state index is 12.2. The number of ether oxygens (including phenoxy) is 1. The number of nitrogens with zero attached hydrogens (tertiary/aromatic N) is 1. The molecule has 0 aromatic carbocycles. The van der Waals surface area contributed by atoms with Crippen molar-refractivity contribution in [1.82, 2.24) is 10.2 Å². The first kappa shape index (κ1) is 18.7. The van der Waals surface area contributed by atoms with Crippen molar-refractivity contribution in [2.75, 3.05) is 13.1 Å². The van der Waals surface area contributed by atoms with Gasteiger partial charge in [0.25, 0.3) is 0 Å². The van der Waals surface area contributed by atoms with Crippen LogP contribution in [0.25, 0.3) is 0 Å². The van der Waals surface area contributed by atoms with Gasteiger partial charge in [0.15, 0.2) is 0 Å². The van der Waals surface area contributed by atoms with Crippen LogP contribution >= 0.6 is 0 Å². The maximum Gasteiger partial charge on any atom is 0.410 e. The molecule has 1 saturated heterocycles. The average molecular weight is 314 g/mol. The van der Waals surface area contributed by atoms with Gasteiger partial charge in [0.05, 0.1) is 0 Å². The summed E-state index contributed by atoms with van der Waals surface area (Å²) in [6, 6.07) is 0.457. The van der Waals surface area contributed by atoms with E-state index in [2.05, 4.69) is 12.2 Å². The standard InChI is InChI=1S/C16H30N2O4/c1-12(17-9-5-8-14(19)20)11-13-7-6-10-18(13)15(21)22-16(2,3)4/h12-13,17H,5-11H2,1-4H3,(H,19,20). The van der Waals surface area contributed by atoms with Crippen molar-refractivity contribution in [3.63, 3.8) is 0 Å². The molecule has 22 heavy (non-hydrogen) atoms. The van der Waals surface area contributed by atoms with Gasteiger partial charge in [-0.1, -0.05) is 0 Å². The first-order chi connectivity index (χ1) is 10.2. The number of rotatable bonds is 7. The van der Waals surface area contributed by atoms with Crippen LogP contribution in [0.4, 0.5) is 4.79 Å². The lowest BCUT2D eigenvalue weighted by Gasteiger charge is -2.30. The van der Waals surface area contributed by atoms with Crippen molar-refractivity contribution in [2.45, 2.75) is 77.5 Å². The van der Waals surface area contributed by atoms with Gasteiger partial charge in [0.1, 0.15) is 5.60 Å². The summed E-state index contributed by atoms with van der Waals surface area (Å²) in [4.78, 5) is 24.5. The molecule has 0 saturated carbocycles. The highest BCUT2D eigenvalue weighted by molar-refractivity contribution is 5.69. The van der Waals surface area contributed by atoms with Gasteiger partial charge in [0.2, 0.25) is 0 Å². The highest BCUT2D eigenvalue weighted by atomic mass is 16.6. The highest BCUT2D eigenvalue weighted by Crippen LogP contribution is 2.24. The van der Waals surface area contributed by atoms with Gasteiger partial charge in [-0.2, -0.15) is 0 Å². The van der Waals surface area contributed by atoms with Crippen LogP contribution in [0.3, 0.4) is 0 Å². The number of carboxylic acid groups (broad SMARTS) is 1. The molecule has 1 heterocycles. The molecule has 128 valence electrons. The minimum absolute atomic E-state index is 0.188. The van der Waals surface area contributed by atoms with Crippen LogP contribution in [-0.2, 0) is 9.53 Å². The van der Waals surface area contributed by atoms with Crippen LogP contribution in [0, 0.1) is 0 Å². The van der Waals surface area contributed by atoms with E-state index in [-0.39, 0.29) is 24.6 Å². The number of hydrogen-bond donors (Lipinski definition) is 2. The smallest absolute Gasteiger partial charge is 0.410 e. The second-order valence-electron chi connectivity index (χ2n) is 7.06. The van der Waals surface area contributed by atoms with Crippen LogP contribution in [0.15, 0.2) is 0 Å². The number of carbonyl (C=O) groups is 2. The Morgan fingerprint density at radius 3 is 2.68 bits per heavy atom. The van der Waals surface area contributed by atoms with Gasteiger partial charge >= 0.3 is 12.1 Å². The molecular formula is C16H30N2O4. The molecule has 6 nitrogen and oxygen atoms in total. The second-order valence-corrected chi connectivity index (χ2v) is 7.06. The number of likely N-dealkylation sites (tertiary alicyclic amines) is 1. The fourth-order valence-electron chi connectivity index (χ4n) is 2.72. The lowest BCUT2D eigenvalue weighted by molar-refractivity contribution is -0.137. The third kappa shape index (κ3) is 7.11. The van der Waals surface area contributed by atoms with Crippen LogP contribution in [0.1, 0.15) is 59.8 Å². The molecule has 0 bridgehead atoms. The van der Waals surface area contributed by atoms with Gasteiger partial charge in [-0.3, -0.25) is 4.79 Å². The third-order valence-corrected chi connectivity index (χ3v) is 3.69. The number of aliphatic carboxylic acids is 1. The zero-order chi connectivity index (χ0) is 16.8. The Labute approximate surface area is 133 Å².